The van der Waals surface area contributed by atoms with Crippen molar-refractivity contribution >= 4 is 0 Å². The molecule has 0 saturated carbocycles. The van der Waals surface area contributed by atoms with E-state index in [4.69, 9.17) is 15.2 Å². The lowest BCUT2D eigenvalue weighted by atomic mass is 10.1. The van der Waals surface area contributed by atoms with E-state index >= 15 is 0 Å². The van der Waals surface area contributed by atoms with Gasteiger partial charge in [0, 0.05) is 20.3 Å². The summed E-state index contributed by atoms with van der Waals surface area (Å²) in [5, 5.41) is 0. The number of halogens is 1. The van der Waals surface area contributed by atoms with Gasteiger partial charge in [0.15, 0.2) is 0 Å². The van der Waals surface area contributed by atoms with Crippen LogP contribution in [0.3, 0.4) is 0 Å². The Bertz CT molecular complexity index is 307. The second-order valence-corrected chi connectivity index (χ2v) is 3.58. The summed E-state index contributed by atoms with van der Waals surface area (Å²) < 4.78 is 23.2. The Balaban J connectivity index is 2.27. The van der Waals surface area contributed by atoms with Crippen molar-refractivity contribution in [3.63, 3.8) is 0 Å². The molecule has 0 aromatic heterocycles. The normalized spacial score (nSPS) is 12.7. The fourth-order valence-corrected chi connectivity index (χ4v) is 1.35. The van der Waals surface area contributed by atoms with Crippen LogP contribution in [0.4, 0.5) is 4.39 Å². The molecule has 0 saturated heterocycles. The highest BCUT2D eigenvalue weighted by Gasteiger charge is 2.06. The van der Waals surface area contributed by atoms with Gasteiger partial charge in [0.2, 0.25) is 0 Å². The van der Waals surface area contributed by atoms with Crippen molar-refractivity contribution < 1.29 is 13.9 Å². The lowest BCUT2D eigenvalue weighted by Gasteiger charge is -2.12. The third kappa shape index (κ3) is 4.70. The molecule has 0 heterocycles. The number of nitrogens with two attached hydrogens (primary N) is 1. The van der Waals surface area contributed by atoms with Crippen molar-refractivity contribution in [2.45, 2.75) is 12.5 Å². The number of methoxy groups -OCH3 is 1. The number of benzene rings is 1. The molecule has 1 unspecified atom stereocenters. The molecule has 1 aromatic rings. The average molecular weight is 227 g/mol. The predicted molar refractivity (Wildman–Crippen MR) is 60.6 cm³/mol. The number of hydrogen-bond acceptors (Lipinski definition) is 3. The minimum Gasteiger partial charge on any atom is -0.385 e. The standard InChI is InChI=1S/C12H18FNO2/c1-15-6-3-7-16-9-12(14)10-4-2-5-11(13)8-10/h2,4-5,8,12H,3,6-7,9,14H2,1H3. The van der Waals surface area contributed by atoms with E-state index in [0.29, 0.717) is 19.8 Å². The third-order valence-electron chi connectivity index (χ3n) is 2.21. The van der Waals surface area contributed by atoms with Crippen LogP contribution in [-0.4, -0.2) is 26.9 Å². The number of rotatable bonds is 7. The van der Waals surface area contributed by atoms with E-state index in [9.17, 15) is 4.39 Å². The van der Waals surface area contributed by atoms with E-state index in [2.05, 4.69) is 0 Å². The van der Waals surface area contributed by atoms with Crippen molar-refractivity contribution in [3.8, 4) is 0 Å². The molecule has 4 heteroatoms. The quantitative estimate of drug-likeness (QED) is 0.723. The molecule has 1 atom stereocenters. The fraction of sp³-hybridized carbons (Fsp3) is 0.500. The maximum absolute atomic E-state index is 12.9. The van der Waals surface area contributed by atoms with E-state index in [1.54, 1.807) is 19.2 Å². The van der Waals surface area contributed by atoms with Crippen molar-refractivity contribution in [2.24, 2.45) is 5.73 Å². The van der Waals surface area contributed by atoms with Crippen molar-refractivity contribution in [3.05, 3.63) is 35.6 Å². The summed E-state index contributed by atoms with van der Waals surface area (Å²) in [5.41, 5.74) is 6.61. The third-order valence-corrected chi connectivity index (χ3v) is 2.21. The summed E-state index contributed by atoms with van der Waals surface area (Å²) in [4.78, 5) is 0. The molecular formula is C12H18FNO2. The van der Waals surface area contributed by atoms with Gasteiger partial charge < -0.3 is 15.2 Å². The van der Waals surface area contributed by atoms with Gasteiger partial charge >= 0.3 is 0 Å². The van der Waals surface area contributed by atoms with E-state index in [-0.39, 0.29) is 11.9 Å². The topological polar surface area (TPSA) is 44.5 Å². The fourth-order valence-electron chi connectivity index (χ4n) is 1.35. The number of hydrogen-bond donors (Lipinski definition) is 1. The molecule has 0 aliphatic rings. The molecule has 0 aliphatic heterocycles. The molecule has 3 nitrogen and oxygen atoms in total. The van der Waals surface area contributed by atoms with Crippen molar-refractivity contribution in [1.29, 1.82) is 0 Å². The maximum atomic E-state index is 12.9. The van der Waals surface area contributed by atoms with E-state index in [0.717, 1.165) is 12.0 Å². The van der Waals surface area contributed by atoms with Gasteiger partial charge in [-0.25, -0.2) is 4.39 Å². The molecule has 0 aliphatic carbocycles. The molecule has 16 heavy (non-hydrogen) atoms. The van der Waals surface area contributed by atoms with Gasteiger partial charge in [-0.3, -0.25) is 0 Å². The van der Waals surface area contributed by atoms with Gasteiger partial charge in [0.1, 0.15) is 5.82 Å². The van der Waals surface area contributed by atoms with Crippen LogP contribution in [0.15, 0.2) is 24.3 Å². The Morgan fingerprint density at radius 1 is 1.38 bits per heavy atom. The predicted octanol–water partition coefficient (Wildman–Crippen LogP) is 1.88. The molecule has 90 valence electrons. The second-order valence-electron chi connectivity index (χ2n) is 3.58. The van der Waals surface area contributed by atoms with Crippen LogP contribution in [0, 0.1) is 5.82 Å². The van der Waals surface area contributed by atoms with E-state index < -0.39 is 0 Å². The largest absolute Gasteiger partial charge is 0.385 e. The van der Waals surface area contributed by atoms with Gasteiger partial charge in [-0.2, -0.15) is 0 Å². The molecule has 0 spiro atoms. The zero-order valence-corrected chi connectivity index (χ0v) is 9.49. The highest BCUT2D eigenvalue weighted by atomic mass is 19.1. The van der Waals surface area contributed by atoms with Gasteiger partial charge in [0.25, 0.3) is 0 Å². The Hall–Kier alpha value is -0.970. The van der Waals surface area contributed by atoms with Crippen LogP contribution in [0.5, 0.6) is 0 Å². The SMILES string of the molecule is COCCCOCC(N)c1cccc(F)c1. The first-order valence-corrected chi connectivity index (χ1v) is 5.31. The summed E-state index contributed by atoms with van der Waals surface area (Å²) in [5.74, 6) is -0.271. The van der Waals surface area contributed by atoms with Crippen molar-refractivity contribution in [1.82, 2.24) is 0 Å². The Morgan fingerprint density at radius 2 is 2.19 bits per heavy atom. The number of ether oxygens (including phenoxy) is 2. The van der Waals surface area contributed by atoms with Crippen LogP contribution in [-0.2, 0) is 9.47 Å². The Morgan fingerprint density at radius 3 is 2.88 bits per heavy atom. The Labute approximate surface area is 95.4 Å². The van der Waals surface area contributed by atoms with Crippen molar-refractivity contribution in [2.75, 3.05) is 26.9 Å². The van der Waals surface area contributed by atoms with Gasteiger partial charge in [-0.15, -0.1) is 0 Å². The molecule has 0 bridgehead atoms. The van der Waals surface area contributed by atoms with Crippen LogP contribution in [0.25, 0.3) is 0 Å². The first-order chi connectivity index (χ1) is 7.74. The summed E-state index contributed by atoms with van der Waals surface area (Å²) in [6, 6.07) is 6.00. The lowest BCUT2D eigenvalue weighted by molar-refractivity contribution is 0.0940. The van der Waals surface area contributed by atoms with Gasteiger partial charge in [-0.05, 0) is 24.1 Å². The molecule has 2 N–H and O–H groups in total. The zero-order chi connectivity index (χ0) is 11.8. The highest BCUT2D eigenvalue weighted by Crippen LogP contribution is 2.11. The first kappa shape index (κ1) is 13.1. The second kappa shape index (κ2) is 7.33. The summed E-state index contributed by atoms with van der Waals surface area (Å²) in [6.45, 7) is 1.68. The molecule has 0 radical (unpaired) electrons. The van der Waals surface area contributed by atoms with Crippen LogP contribution in [0.2, 0.25) is 0 Å². The minimum atomic E-state index is -0.279. The van der Waals surface area contributed by atoms with Gasteiger partial charge in [-0.1, -0.05) is 12.1 Å². The zero-order valence-electron chi connectivity index (χ0n) is 9.49. The van der Waals surface area contributed by atoms with Crippen LogP contribution in [0.1, 0.15) is 18.0 Å². The summed E-state index contributed by atoms with van der Waals surface area (Å²) >= 11 is 0. The minimum absolute atomic E-state index is 0.271. The summed E-state index contributed by atoms with van der Waals surface area (Å²) in [7, 11) is 1.65. The first-order valence-electron chi connectivity index (χ1n) is 5.31. The molecular weight excluding hydrogens is 209 g/mol. The van der Waals surface area contributed by atoms with Crippen LogP contribution >= 0.6 is 0 Å². The highest BCUT2D eigenvalue weighted by molar-refractivity contribution is 5.19. The monoisotopic (exact) mass is 227 g/mol. The molecule has 1 aromatic carbocycles. The van der Waals surface area contributed by atoms with E-state index in [1.807, 2.05) is 0 Å². The lowest BCUT2D eigenvalue weighted by Crippen LogP contribution is -2.18. The average Bonchev–Trinajstić information content (AvgIpc) is 2.28. The van der Waals surface area contributed by atoms with E-state index in [1.165, 1.54) is 12.1 Å². The smallest absolute Gasteiger partial charge is 0.123 e. The summed E-state index contributed by atoms with van der Waals surface area (Å²) in [6.07, 6.45) is 0.840. The maximum Gasteiger partial charge on any atom is 0.123 e. The Kier molecular flexibility index (Phi) is 6.00. The van der Waals surface area contributed by atoms with Crippen LogP contribution < -0.4 is 5.73 Å². The molecule has 0 fully saturated rings. The molecule has 0 amide bonds. The van der Waals surface area contributed by atoms with Gasteiger partial charge in [0.05, 0.1) is 12.6 Å². The molecule has 1 rings (SSSR count).